The van der Waals surface area contributed by atoms with Crippen LogP contribution in [-0.4, -0.2) is 26.3 Å². The van der Waals surface area contributed by atoms with Gasteiger partial charge in [0.2, 0.25) is 6.33 Å². The number of rotatable bonds is 4. The highest BCUT2D eigenvalue weighted by Crippen LogP contribution is 2.09. The van der Waals surface area contributed by atoms with Gasteiger partial charge in [0, 0.05) is 10.6 Å². The molecule has 0 saturated heterocycles. The van der Waals surface area contributed by atoms with Crippen LogP contribution in [-0.2, 0) is 11.3 Å². The number of nitro groups is 1. The van der Waals surface area contributed by atoms with Crippen LogP contribution in [0.25, 0.3) is 0 Å². The van der Waals surface area contributed by atoms with Gasteiger partial charge in [-0.15, -0.1) is 0 Å². The molecule has 114 valence electrons. The Morgan fingerprint density at radius 3 is 2.55 bits per heavy atom. The van der Waals surface area contributed by atoms with Crippen molar-refractivity contribution in [3.63, 3.8) is 0 Å². The maximum atomic E-state index is 11.7. The molecule has 2 N–H and O–H groups in total. The first-order chi connectivity index (χ1) is 10.5. The second-order valence-electron chi connectivity index (χ2n) is 4.17. The molecule has 1 heterocycles. The van der Waals surface area contributed by atoms with Gasteiger partial charge < -0.3 is 14.7 Å². The van der Waals surface area contributed by atoms with Crippen molar-refractivity contribution < 1.29 is 14.5 Å². The van der Waals surface area contributed by atoms with Crippen LogP contribution in [0.4, 0.5) is 5.82 Å². The van der Waals surface area contributed by atoms with Crippen LogP contribution in [0.15, 0.2) is 36.8 Å². The summed E-state index contributed by atoms with van der Waals surface area (Å²) in [6, 6.07) is 6.10. The normalized spacial score (nSPS) is 10.0. The number of hydrazine groups is 1. The molecule has 1 aromatic heterocycles. The fourth-order valence-electron chi connectivity index (χ4n) is 1.53. The lowest BCUT2D eigenvalue weighted by Crippen LogP contribution is -2.43. The second-order valence-corrected chi connectivity index (χ2v) is 4.61. The zero-order chi connectivity index (χ0) is 16.1. The zero-order valence-electron chi connectivity index (χ0n) is 11.0. The quantitative estimate of drug-likeness (QED) is 0.640. The third-order valence-corrected chi connectivity index (χ3v) is 2.81. The Kier molecular flexibility index (Phi) is 4.69. The number of nitrogens with one attached hydrogen (secondary N) is 2. The number of carbonyl (C=O) groups excluding carboxylic acids is 2. The van der Waals surface area contributed by atoms with Gasteiger partial charge in [0.15, 0.2) is 0 Å². The predicted octanol–water partition coefficient (Wildman–Crippen LogP) is 0.906. The van der Waals surface area contributed by atoms with Gasteiger partial charge in [0.05, 0.1) is 0 Å². The van der Waals surface area contributed by atoms with Crippen molar-refractivity contribution in [3.8, 4) is 0 Å². The van der Waals surface area contributed by atoms with Gasteiger partial charge in [-0.2, -0.15) is 0 Å². The summed E-state index contributed by atoms with van der Waals surface area (Å²) >= 11 is 5.70. The van der Waals surface area contributed by atoms with Crippen molar-refractivity contribution in [3.05, 3.63) is 57.5 Å². The molecule has 2 aromatic rings. The highest BCUT2D eigenvalue weighted by atomic mass is 35.5. The number of hydrogen-bond acceptors (Lipinski definition) is 5. The molecule has 0 radical (unpaired) electrons. The number of amides is 2. The standard InChI is InChI=1S/C12H10ClN5O4/c13-9-3-1-8(2-4-9)12(20)16-15-11(19)6-17-5-10(14-7-17)18(21)22/h1-5,7H,6H2,(H,15,19)(H,16,20). The lowest BCUT2D eigenvalue weighted by molar-refractivity contribution is -0.389. The van der Waals surface area contributed by atoms with Crippen molar-refractivity contribution in [2.24, 2.45) is 0 Å². The average Bonchev–Trinajstić information content (AvgIpc) is 2.94. The summed E-state index contributed by atoms with van der Waals surface area (Å²) in [7, 11) is 0. The number of carbonyl (C=O) groups is 2. The Balaban J connectivity index is 1.85. The first kappa shape index (κ1) is 15.4. The van der Waals surface area contributed by atoms with E-state index in [0.717, 1.165) is 12.5 Å². The molecule has 1 aromatic carbocycles. The van der Waals surface area contributed by atoms with E-state index >= 15 is 0 Å². The summed E-state index contributed by atoms with van der Waals surface area (Å²) in [5.74, 6) is -1.44. The van der Waals surface area contributed by atoms with Crippen molar-refractivity contribution >= 4 is 29.2 Å². The van der Waals surface area contributed by atoms with E-state index in [1.807, 2.05) is 0 Å². The maximum Gasteiger partial charge on any atom is 0.381 e. The van der Waals surface area contributed by atoms with Crippen LogP contribution in [0.5, 0.6) is 0 Å². The smallest absolute Gasteiger partial charge is 0.358 e. The molecule has 2 amide bonds. The Labute approximate surface area is 129 Å². The van der Waals surface area contributed by atoms with E-state index in [4.69, 9.17) is 11.6 Å². The van der Waals surface area contributed by atoms with Crippen LogP contribution < -0.4 is 10.9 Å². The van der Waals surface area contributed by atoms with Crippen molar-refractivity contribution in [1.29, 1.82) is 0 Å². The van der Waals surface area contributed by atoms with Crippen molar-refractivity contribution in [1.82, 2.24) is 20.4 Å². The monoisotopic (exact) mass is 323 g/mol. The van der Waals surface area contributed by atoms with Crippen LogP contribution in [0, 0.1) is 10.1 Å². The van der Waals surface area contributed by atoms with Gasteiger partial charge in [0.25, 0.3) is 11.8 Å². The van der Waals surface area contributed by atoms with Gasteiger partial charge in [-0.3, -0.25) is 20.4 Å². The lowest BCUT2D eigenvalue weighted by atomic mass is 10.2. The minimum atomic E-state index is -0.670. The SMILES string of the molecule is O=C(Cn1cnc([N+](=O)[O-])c1)NNC(=O)c1ccc(Cl)cc1. The summed E-state index contributed by atoms with van der Waals surface area (Å²) in [6.07, 6.45) is 2.26. The highest BCUT2D eigenvalue weighted by Gasteiger charge is 2.12. The molecule has 9 nitrogen and oxygen atoms in total. The number of hydrogen-bond donors (Lipinski definition) is 2. The van der Waals surface area contributed by atoms with E-state index in [2.05, 4.69) is 15.8 Å². The summed E-state index contributed by atoms with van der Waals surface area (Å²) in [5.41, 5.74) is 4.73. The van der Waals surface area contributed by atoms with Gasteiger partial charge in [-0.25, -0.2) is 0 Å². The predicted molar refractivity (Wildman–Crippen MR) is 75.9 cm³/mol. The second kappa shape index (κ2) is 6.68. The third kappa shape index (κ3) is 4.03. The number of halogens is 1. The number of imidazole rings is 1. The first-order valence-corrected chi connectivity index (χ1v) is 6.34. The molecule has 0 aliphatic rings. The first-order valence-electron chi connectivity index (χ1n) is 5.96. The zero-order valence-corrected chi connectivity index (χ0v) is 11.8. The molecule has 2 rings (SSSR count). The van der Waals surface area contributed by atoms with E-state index < -0.39 is 16.7 Å². The van der Waals surface area contributed by atoms with Crippen molar-refractivity contribution in [2.75, 3.05) is 0 Å². The van der Waals surface area contributed by atoms with Crippen LogP contribution in [0.1, 0.15) is 10.4 Å². The molecule has 22 heavy (non-hydrogen) atoms. The minimum Gasteiger partial charge on any atom is -0.358 e. The Morgan fingerprint density at radius 1 is 1.27 bits per heavy atom. The van der Waals surface area contributed by atoms with Crippen LogP contribution in [0.2, 0.25) is 5.02 Å². The van der Waals surface area contributed by atoms with Gasteiger partial charge >= 0.3 is 5.82 Å². The fraction of sp³-hybridized carbons (Fsp3) is 0.0833. The lowest BCUT2D eigenvalue weighted by Gasteiger charge is -2.07. The summed E-state index contributed by atoms with van der Waals surface area (Å²) < 4.78 is 1.22. The van der Waals surface area contributed by atoms with Crippen LogP contribution in [0.3, 0.4) is 0 Å². The molecule has 10 heteroatoms. The molecule has 0 saturated carbocycles. The number of benzene rings is 1. The van der Waals surface area contributed by atoms with Gasteiger partial charge in [-0.05, 0) is 34.2 Å². The highest BCUT2D eigenvalue weighted by molar-refractivity contribution is 6.30. The molecule has 0 unspecified atom stereocenters. The van der Waals surface area contributed by atoms with Crippen molar-refractivity contribution in [2.45, 2.75) is 6.54 Å². The molecule has 0 fully saturated rings. The van der Waals surface area contributed by atoms with E-state index in [0.29, 0.717) is 10.6 Å². The largest absolute Gasteiger partial charge is 0.381 e. The Bertz CT molecular complexity index is 713. The molecule has 0 spiro atoms. The molecular formula is C12H10ClN5O4. The maximum absolute atomic E-state index is 11.7. The van der Waals surface area contributed by atoms with E-state index in [1.165, 1.54) is 16.7 Å². The summed E-state index contributed by atoms with van der Waals surface area (Å²) in [6.45, 7) is -0.220. The number of aromatic nitrogens is 2. The summed E-state index contributed by atoms with van der Waals surface area (Å²) in [4.78, 5) is 36.6. The number of nitrogens with zero attached hydrogens (tertiary/aromatic N) is 3. The Morgan fingerprint density at radius 2 is 1.95 bits per heavy atom. The van der Waals surface area contributed by atoms with Gasteiger partial charge in [-0.1, -0.05) is 11.6 Å². The van der Waals surface area contributed by atoms with E-state index in [9.17, 15) is 19.7 Å². The molecule has 0 bridgehead atoms. The minimum absolute atomic E-state index is 0.220. The molecular weight excluding hydrogens is 314 g/mol. The van der Waals surface area contributed by atoms with E-state index in [1.54, 1.807) is 12.1 Å². The van der Waals surface area contributed by atoms with Gasteiger partial charge in [0.1, 0.15) is 12.7 Å². The fourth-order valence-corrected chi connectivity index (χ4v) is 1.66. The molecule has 0 atom stereocenters. The molecule has 0 aliphatic carbocycles. The third-order valence-electron chi connectivity index (χ3n) is 2.55. The van der Waals surface area contributed by atoms with Crippen LogP contribution >= 0.6 is 11.6 Å². The topological polar surface area (TPSA) is 119 Å². The molecule has 0 aliphatic heterocycles. The van der Waals surface area contributed by atoms with E-state index in [-0.39, 0.29) is 12.4 Å². The summed E-state index contributed by atoms with van der Waals surface area (Å²) in [5, 5.41) is 10.9. The average molecular weight is 324 g/mol. The Hall–Kier alpha value is -2.94.